The molecule has 2 rings (SSSR count). The van der Waals surface area contributed by atoms with E-state index < -0.39 is 0 Å². The lowest BCUT2D eigenvalue weighted by molar-refractivity contribution is -0.142. The summed E-state index contributed by atoms with van der Waals surface area (Å²) in [6, 6.07) is 19.9. The van der Waals surface area contributed by atoms with E-state index in [0.29, 0.717) is 6.61 Å². The van der Waals surface area contributed by atoms with Gasteiger partial charge in [-0.25, -0.2) is 0 Å². The van der Waals surface area contributed by atoms with E-state index in [-0.39, 0.29) is 17.1 Å². The van der Waals surface area contributed by atoms with Crippen molar-refractivity contribution in [3.63, 3.8) is 0 Å². The molecule has 2 atom stereocenters. The van der Waals surface area contributed by atoms with Crippen LogP contribution in [0.2, 0.25) is 0 Å². The van der Waals surface area contributed by atoms with Crippen LogP contribution in [0.1, 0.15) is 18.4 Å². The van der Waals surface area contributed by atoms with E-state index in [1.165, 1.54) is 11.8 Å². The third-order valence-corrected chi connectivity index (χ3v) is 4.57. The summed E-state index contributed by atoms with van der Waals surface area (Å²) in [5, 5.41) is -0.345. The van der Waals surface area contributed by atoms with Crippen molar-refractivity contribution in [2.75, 3.05) is 6.61 Å². The molecule has 0 heterocycles. The van der Waals surface area contributed by atoms with Gasteiger partial charge in [0.2, 0.25) is 0 Å². The Morgan fingerprint density at radius 2 is 1.73 bits per heavy atom. The molecule has 0 bridgehead atoms. The molecular weight excluding hydrogens is 292 g/mol. The number of hydrogen-bond acceptors (Lipinski definition) is 3. The second-order valence-corrected chi connectivity index (χ2v) is 5.99. The zero-order valence-electron chi connectivity index (χ0n) is 12.6. The smallest absolute Gasteiger partial charge is 0.320 e. The van der Waals surface area contributed by atoms with Gasteiger partial charge in [-0.15, -0.1) is 18.3 Å². The first-order chi connectivity index (χ1) is 10.8. The normalized spacial score (nSPS) is 13.1. The van der Waals surface area contributed by atoms with E-state index in [1.54, 1.807) is 0 Å². The molecular formula is C19H20O2S. The van der Waals surface area contributed by atoms with Crippen LogP contribution in [0.3, 0.4) is 0 Å². The summed E-state index contributed by atoms with van der Waals surface area (Å²) < 4.78 is 5.27. The summed E-state index contributed by atoms with van der Waals surface area (Å²) in [4.78, 5) is 13.5. The van der Waals surface area contributed by atoms with E-state index >= 15 is 0 Å². The monoisotopic (exact) mass is 312 g/mol. The molecule has 2 aromatic carbocycles. The molecule has 0 aliphatic rings. The third kappa shape index (κ3) is 4.25. The van der Waals surface area contributed by atoms with E-state index in [2.05, 4.69) is 6.58 Å². The van der Waals surface area contributed by atoms with E-state index in [9.17, 15) is 4.79 Å². The number of benzene rings is 2. The van der Waals surface area contributed by atoms with Gasteiger partial charge in [0.1, 0.15) is 5.25 Å². The van der Waals surface area contributed by atoms with Crippen molar-refractivity contribution in [2.24, 2.45) is 0 Å². The fraction of sp³-hybridized carbons (Fsp3) is 0.211. The highest BCUT2D eigenvalue weighted by Crippen LogP contribution is 2.35. The standard InChI is InChI=1S/C19H20O2S/c1-3-17(15-11-7-5-8-12-15)18(19(20)21-4-2)22-16-13-9-6-10-14-16/h3,5-14,17-18H,1,4H2,2H3/t17-,18+/m0/s1. The Morgan fingerprint density at radius 3 is 2.27 bits per heavy atom. The molecule has 0 aliphatic heterocycles. The maximum absolute atomic E-state index is 12.4. The molecule has 0 amide bonds. The van der Waals surface area contributed by atoms with E-state index in [4.69, 9.17) is 4.74 Å². The highest BCUT2D eigenvalue weighted by atomic mass is 32.2. The van der Waals surface area contributed by atoms with Crippen LogP contribution in [0.15, 0.2) is 78.2 Å². The van der Waals surface area contributed by atoms with Crippen molar-refractivity contribution in [3.05, 3.63) is 78.9 Å². The van der Waals surface area contributed by atoms with Crippen LogP contribution in [-0.4, -0.2) is 17.8 Å². The van der Waals surface area contributed by atoms with Gasteiger partial charge in [-0.05, 0) is 24.6 Å². The second kappa shape index (κ2) is 8.44. The van der Waals surface area contributed by atoms with Crippen molar-refractivity contribution >= 4 is 17.7 Å². The molecule has 0 radical (unpaired) electrons. The Balaban J connectivity index is 2.30. The van der Waals surface area contributed by atoms with Crippen molar-refractivity contribution in [2.45, 2.75) is 23.0 Å². The zero-order valence-corrected chi connectivity index (χ0v) is 13.5. The summed E-state index contributed by atoms with van der Waals surface area (Å²) in [6.45, 7) is 6.13. The van der Waals surface area contributed by atoms with Gasteiger partial charge in [-0.2, -0.15) is 0 Å². The molecule has 0 aliphatic carbocycles. The number of thioether (sulfide) groups is 1. The lowest BCUT2D eigenvalue weighted by Gasteiger charge is -2.23. The molecule has 0 spiro atoms. The van der Waals surface area contributed by atoms with Gasteiger partial charge in [-0.1, -0.05) is 54.6 Å². The number of carbonyl (C=O) groups excluding carboxylic acids is 1. The molecule has 0 unspecified atom stereocenters. The van der Waals surface area contributed by atoms with Crippen molar-refractivity contribution in [1.82, 2.24) is 0 Å². The number of ether oxygens (including phenoxy) is 1. The van der Waals surface area contributed by atoms with Gasteiger partial charge in [0.25, 0.3) is 0 Å². The Labute approximate surface area is 136 Å². The van der Waals surface area contributed by atoms with Crippen molar-refractivity contribution in [1.29, 1.82) is 0 Å². The lowest BCUT2D eigenvalue weighted by atomic mass is 9.95. The SMILES string of the molecule is C=C[C@@H](c1ccccc1)[C@@H](Sc1ccccc1)C(=O)OCC. The molecule has 22 heavy (non-hydrogen) atoms. The molecule has 0 fully saturated rings. The fourth-order valence-electron chi connectivity index (χ4n) is 2.25. The van der Waals surface area contributed by atoms with Crippen LogP contribution < -0.4 is 0 Å². The number of carbonyl (C=O) groups is 1. The number of allylic oxidation sites excluding steroid dienone is 1. The van der Waals surface area contributed by atoms with Crippen LogP contribution in [0, 0.1) is 0 Å². The average Bonchev–Trinajstić information content (AvgIpc) is 2.57. The second-order valence-electron chi connectivity index (χ2n) is 4.78. The first kappa shape index (κ1) is 16.4. The summed E-state index contributed by atoms with van der Waals surface area (Å²) in [7, 11) is 0. The van der Waals surface area contributed by atoms with Crippen LogP contribution in [0.5, 0.6) is 0 Å². The molecule has 0 saturated heterocycles. The minimum atomic E-state index is -0.345. The summed E-state index contributed by atoms with van der Waals surface area (Å²) >= 11 is 1.52. The van der Waals surface area contributed by atoms with Gasteiger partial charge < -0.3 is 4.74 Å². The summed E-state index contributed by atoms with van der Waals surface area (Å²) in [5.41, 5.74) is 1.07. The number of esters is 1. The fourth-order valence-corrected chi connectivity index (χ4v) is 3.43. The predicted octanol–water partition coefficient (Wildman–Crippen LogP) is 4.68. The minimum absolute atomic E-state index is 0.0922. The average molecular weight is 312 g/mol. The molecule has 114 valence electrons. The molecule has 3 heteroatoms. The van der Waals surface area contributed by atoms with Crippen molar-refractivity contribution < 1.29 is 9.53 Å². The molecule has 2 aromatic rings. The van der Waals surface area contributed by atoms with Gasteiger partial charge in [0.05, 0.1) is 6.61 Å². The quantitative estimate of drug-likeness (QED) is 0.422. The Morgan fingerprint density at radius 1 is 1.14 bits per heavy atom. The van der Waals surface area contributed by atoms with Gasteiger partial charge in [0.15, 0.2) is 0 Å². The molecule has 0 N–H and O–H groups in total. The number of hydrogen-bond donors (Lipinski definition) is 0. The lowest BCUT2D eigenvalue weighted by Crippen LogP contribution is -2.26. The Hall–Kier alpha value is -2.00. The summed E-state index contributed by atoms with van der Waals surface area (Å²) in [6.07, 6.45) is 1.83. The van der Waals surface area contributed by atoms with Gasteiger partial charge >= 0.3 is 5.97 Å². The summed E-state index contributed by atoms with van der Waals surface area (Å²) in [5.74, 6) is -0.296. The first-order valence-corrected chi connectivity index (χ1v) is 8.20. The van der Waals surface area contributed by atoms with E-state index in [1.807, 2.05) is 73.7 Å². The van der Waals surface area contributed by atoms with E-state index in [0.717, 1.165) is 10.5 Å². The first-order valence-electron chi connectivity index (χ1n) is 7.32. The zero-order chi connectivity index (χ0) is 15.8. The highest BCUT2D eigenvalue weighted by molar-refractivity contribution is 8.00. The Kier molecular flexibility index (Phi) is 6.28. The van der Waals surface area contributed by atoms with Crippen LogP contribution in [0.4, 0.5) is 0 Å². The number of rotatable bonds is 7. The minimum Gasteiger partial charge on any atom is -0.465 e. The maximum atomic E-state index is 12.4. The van der Waals surface area contributed by atoms with Crippen LogP contribution >= 0.6 is 11.8 Å². The molecule has 0 aromatic heterocycles. The predicted molar refractivity (Wildman–Crippen MR) is 92.1 cm³/mol. The highest BCUT2D eigenvalue weighted by Gasteiger charge is 2.29. The molecule has 0 saturated carbocycles. The van der Waals surface area contributed by atoms with Crippen LogP contribution in [0.25, 0.3) is 0 Å². The van der Waals surface area contributed by atoms with Crippen molar-refractivity contribution in [3.8, 4) is 0 Å². The third-order valence-electron chi connectivity index (χ3n) is 3.29. The largest absolute Gasteiger partial charge is 0.465 e. The van der Waals surface area contributed by atoms with Gasteiger partial charge in [-0.3, -0.25) is 4.79 Å². The van der Waals surface area contributed by atoms with Gasteiger partial charge in [0, 0.05) is 10.8 Å². The Bertz CT molecular complexity index is 595. The maximum Gasteiger partial charge on any atom is 0.320 e. The topological polar surface area (TPSA) is 26.3 Å². The van der Waals surface area contributed by atoms with Crippen LogP contribution in [-0.2, 0) is 9.53 Å². The molecule has 2 nitrogen and oxygen atoms in total.